The Morgan fingerprint density at radius 1 is 1.53 bits per heavy atom. The molecule has 1 rings (SSSR count). The highest BCUT2D eigenvalue weighted by atomic mass is 127. The number of aliphatic hydroxyl groups is 1. The van der Waals surface area contributed by atoms with Gasteiger partial charge in [-0.1, -0.05) is 11.6 Å². The molecule has 17 heavy (non-hydrogen) atoms. The molecule has 3 nitrogen and oxygen atoms in total. The van der Waals surface area contributed by atoms with Crippen LogP contribution >= 0.6 is 34.2 Å². The molecule has 0 radical (unpaired) electrons. The van der Waals surface area contributed by atoms with Crippen molar-refractivity contribution in [2.45, 2.75) is 5.92 Å². The van der Waals surface area contributed by atoms with Crippen LogP contribution in [0.4, 0.5) is 8.78 Å². The minimum absolute atomic E-state index is 0.198. The van der Waals surface area contributed by atoms with E-state index in [0.29, 0.717) is 5.02 Å². The molecular formula is C10H9ClF2INO2. The molecule has 0 aromatic heterocycles. The molecule has 0 bridgehead atoms. The van der Waals surface area contributed by atoms with Gasteiger partial charge in [-0.05, 0) is 40.8 Å². The lowest BCUT2D eigenvalue weighted by atomic mass is 10.2. The van der Waals surface area contributed by atoms with Crippen molar-refractivity contribution >= 4 is 40.1 Å². The minimum atomic E-state index is -3.32. The fourth-order valence-corrected chi connectivity index (χ4v) is 1.52. The molecule has 0 aliphatic rings. The summed E-state index contributed by atoms with van der Waals surface area (Å²) in [5.41, 5.74) is 0.198. The van der Waals surface area contributed by atoms with Crippen molar-refractivity contribution in [2.24, 2.45) is 0 Å². The Balaban J connectivity index is 2.68. The highest BCUT2D eigenvalue weighted by Crippen LogP contribution is 2.19. The van der Waals surface area contributed by atoms with Gasteiger partial charge in [-0.15, -0.1) is 0 Å². The minimum Gasteiger partial charge on any atom is -0.390 e. The summed E-state index contributed by atoms with van der Waals surface area (Å²) in [7, 11) is 0. The van der Waals surface area contributed by atoms with Gasteiger partial charge in [-0.25, -0.2) is 8.78 Å². The second-order valence-corrected chi connectivity index (χ2v) is 4.90. The van der Waals surface area contributed by atoms with Gasteiger partial charge < -0.3 is 10.4 Å². The maximum Gasteiger partial charge on any atom is 0.287 e. The van der Waals surface area contributed by atoms with Crippen LogP contribution in [-0.4, -0.2) is 30.1 Å². The van der Waals surface area contributed by atoms with E-state index in [1.165, 1.54) is 12.1 Å². The maximum absolute atomic E-state index is 12.7. The number of amides is 1. The monoisotopic (exact) mass is 375 g/mol. The zero-order chi connectivity index (χ0) is 13.1. The average Bonchev–Trinajstić information content (AvgIpc) is 2.30. The Morgan fingerprint density at radius 2 is 2.18 bits per heavy atom. The van der Waals surface area contributed by atoms with E-state index in [4.69, 9.17) is 16.7 Å². The molecule has 2 N–H and O–H groups in total. The second kappa shape index (κ2) is 5.92. The van der Waals surface area contributed by atoms with Gasteiger partial charge >= 0.3 is 0 Å². The normalized spacial score (nSPS) is 11.4. The van der Waals surface area contributed by atoms with E-state index in [1.807, 2.05) is 27.9 Å². The van der Waals surface area contributed by atoms with Crippen LogP contribution in [0.25, 0.3) is 0 Å². The largest absolute Gasteiger partial charge is 0.390 e. The Labute approximate surface area is 115 Å². The molecule has 1 aromatic carbocycles. The molecule has 0 atom stereocenters. The zero-order valence-electron chi connectivity index (χ0n) is 8.51. The van der Waals surface area contributed by atoms with Gasteiger partial charge in [0.25, 0.3) is 11.8 Å². The van der Waals surface area contributed by atoms with Crippen LogP contribution in [-0.2, 0) is 0 Å². The van der Waals surface area contributed by atoms with E-state index < -0.39 is 25.0 Å². The summed E-state index contributed by atoms with van der Waals surface area (Å²) in [6, 6.07) is 4.50. The third-order valence-corrected chi connectivity index (χ3v) is 3.49. The van der Waals surface area contributed by atoms with E-state index in [9.17, 15) is 13.6 Å². The van der Waals surface area contributed by atoms with Crippen LogP contribution in [0, 0.1) is 3.57 Å². The van der Waals surface area contributed by atoms with E-state index in [1.54, 1.807) is 6.07 Å². The van der Waals surface area contributed by atoms with Crippen LogP contribution in [0.5, 0.6) is 0 Å². The number of hydrogen-bond donors (Lipinski definition) is 2. The van der Waals surface area contributed by atoms with Gasteiger partial charge in [0.05, 0.1) is 11.6 Å². The molecular weight excluding hydrogens is 366 g/mol. The third-order valence-electron chi connectivity index (χ3n) is 1.92. The number of halogens is 4. The Bertz CT molecular complexity index is 429. The smallest absolute Gasteiger partial charge is 0.287 e. The summed E-state index contributed by atoms with van der Waals surface area (Å²) in [6.45, 7) is -2.22. The summed E-state index contributed by atoms with van der Waals surface area (Å²) >= 11 is 7.79. The molecule has 0 aliphatic carbocycles. The molecule has 94 valence electrons. The van der Waals surface area contributed by atoms with Crippen LogP contribution in [0.15, 0.2) is 18.2 Å². The molecule has 1 amide bonds. The van der Waals surface area contributed by atoms with Gasteiger partial charge in [-0.2, -0.15) is 0 Å². The summed E-state index contributed by atoms with van der Waals surface area (Å²) in [5.74, 6) is -3.97. The predicted octanol–water partition coefficient (Wildman–Crippen LogP) is 2.30. The molecule has 0 heterocycles. The standard InChI is InChI=1S/C10H9ClF2INO2/c11-7-3-6(1-2-8(7)14)9(17)15-4-10(12,13)5-16/h1-3,16H,4-5H2,(H,15,17). The number of aliphatic hydroxyl groups excluding tert-OH is 1. The number of nitrogens with one attached hydrogen (secondary N) is 1. The number of benzene rings is 1. The molecule has 0 fully saturated rings. The maximum atomic E-state index is 12.7. The Morgan fingerprint density at radius 3 is 2.71 bits per heavy atom. The molecule has 1 aromatic rings. The average molecular weight is 376 g/mol. The number of carbonyl (C=O) groups excluding carboxylic acids is 1. The zero-order valence-corrected chi connectivity index (χ0v) is 11.4. The molecule has 0 saturated carbocycles. The van der Waals surface area contributed by atoms with Crippen molar-refractivity contribution in [2.75, 3.05) is 13.2 Å². The number of hydrogen-bond acceptors (Lipinski definition) is 2. The first-order valence-electron chi connectivity index (χ1n) is 4.57. The van der Waals surface area contributed by atoms with Gasteiger partial charge in [0, 0.05) is 9.13 Å². The predicted molar refractivity (Wildman–Crippen MR) is 68.5 cm³/mol. The van der Waals surface area contributed by atoms with Crippen LogP contribution in [0.2, 0.25) is 5.02 Å². The lowest BCUT2D eigenvalue weighted by molar-refractivity contribution is -0.0462. The first kappa shape index (κ1) is 14.6. The molecule has 0 unspecified atom stereocenters. The van der Waals surface area contributed by atoms with E-state index in [-0.39, 0.29) is 5.56 Å². The summed E-state index contributed by atoms with van der Waals surface area (Å²) in [5, 5.41) is 10.7. The third kappa shape index (κ3) is 4.36. The van der Waals surface area contributed by atoms with Crippen LogP contribution in [0.3, 0.4) is 0 Å². The fraction of sp³-hybridized carbons (Fsp3) is 0.300. The molecule has 0 saturated heterocycles. The topological polar surface area (TPSA) is 49.3 Å². The highest BCUT2D eigenvalue weighted by Gasteiger charge is 2.28. The van der Waals surface area contributed by atoms with Crippen molar-refractivity contribution in [3.05, 3.63) is 32.4 Å². The SMILES string of the molecule is O=C(NCC(F)(F)CO)c1ccc(I)c(Cl)c1. The van der Waals surface area contributed by atoms with Crippen molar-refractivity contribution < 1.29 is 18.7 Å². The van der Waals surface area contributed by atoms with E-state index >= 15 is 0 Å². The van der Waals surface area contributed by atoms with Crippen LogP contribution in [0.1, 0.15) is 10.4 Å². The lowest BCUT2D eigenvalue weighted by Crippen LogP contribution is -2.38. The first-order chi connectivity index (χ1) is 7.85. The Kier molecular flexibility index (Phi) is 5.08. The fourth-order valence-electron chi connectivity index (χ4n) is 1.00. The Hall–Kier alpha value is -0.470. The number of rotatable bonds is 4. The van der Waals surface area contributed by atoms with Gasteiger partial charge in [0.15, 0.2) is 0 Å². The molecule has 0 aliphatic heterocycles. The molecule has 7 heteroatoms. The van der Waals surface area contributed by atoms with Gasteiger partial charge in [0.1, 0.15) is 6.61 Å². The van der Waals surface area contributed by atoms with Crippen molar-refractivity contribution in [1.29, 1.82) is 0 Å². The van der Waals surface area contributed by atoms with E-state index in [2.05, 4.69) is 0 Å². The van der Waals surface area contributed by atoms with Crippen molar-refractivity contribution in [1.82, 2.24) is 5.32 Å². The van der Waals surface area contributed by atoms with Crippen LogP contribution < -0.4 is 5.32 Å². The lowest BCUT2D eigenvalue weighted by Gasteiger charge is -2.14. The van der Waals surface area contributed by atoms with Crippen molar-refractivity contribution in [3.63, 3.8) is 0 Å². The van der Waals surface area contributed by atoms with Gasteiger partial charge in [-0.3, -0.25) is 4.79 Å². The van der Waals surface area contributed by atoms with Gasteiger partial charge in [0.2, 0.25) is 0 Å². The van der Waals surface area contributed by atoms with Crippen molar-refractivity contribution in [3.8, 4) is 0 Å². The summed E-state index contributed by atoms with van der Waals surface area (Å²) < 4.78 is 26.1. The quantitative estimate of drug-likeness (QED) is 0.794. The number of alkyl halides is 2. The summed E-state index contributed by atoms with van der Waals surface area (Å²) in [6.07, 6.45) is 0. The number of carbonyl (C=O) groups is 1. The first-order valence-corrected chi connectivity index (χ1v) is 6.03. The molecule has 0 spiro atoms. The highest BCUT2D eigenvalue weighted by molar-refractivity contribution is 14.1. The van der Waals surface area contributed by atoms with E-state index in [0.717, 1.165) is 3.57 Å². The second-order valence-electron chi connectivity index (χ2n) is 3.33. The summed E-state index contributed by atoms with van der Waals surface area (Å²) in [4.78, 5) is 11.5.